The fourth-order valence-corrected chi connectivity index (χ4v) is 2.63. The minimum Gasteiger partial charge on any atom is -0.511 e. The quantitative estimate of drug-likeness (QED) is 0.365. The summed E-state index contributed by atoms with van der Waals surface area (Å²) in [7, 11) is 0. The zero-order chi connectivity index (χ0) is 18.1. The van der Waals surface area contributed by atoms with Gasteiger partial charge in [0.1, 0.15) is 17.3 Å². The van der Waals surface area contributed by atoms with Crippen molar-refractivity contribution in [2.45, 2.75) is 47.0 Å². The van der Waals surface area contributed by atoms with Crippen LogP contribution in [0.3, 0.4) is 0 Å². The summed E-state index contributed by atoms with van der Waals surface area (Å²) in [5.41, 5.74) is 1.73. The van der Waals surface area contributed by atoms with Gasteiger partial charge in [0.2, 0.25) is 0 Å². The van der Waals surface area contributed by atoms with Gasteiger partial charge in [-0.05, 0) is 41.4 Å². The number of benzene rings is 1. The van der Waals surface area contributed by atoms with E-state index in [1.54, 1.807) is 13.0 Å². The molecular formula is C19H25BrO4. The van der Waals surface area contributed by atoms with Crippen LogP contribution in [-0.2, 0) is 16.0 Å². The minimum atomic E-state index is -0.278. The third kappa shape index (κ3) is 6.04. The van der Waals surface area contributed by atoms with Crippen LogP contribution in [0.15, 0.2) is 40.3 Å². The normalized spacial score (nSPS) is 12.6. The molecule has 0 bridgehead atoms. The molecule has 0 fully saturated rings. The van der Waals surface area contributed by atoms with E-state index in [-0.39, 0.29) is 18.1 Å². The molecule has 132 valence electrons. The number of carbonyl (C=O) groups is 1. The van der Waals surface area contributed by atoms with Crippen LogP contribution in [0, 0.1) is 6.92 Å². The average Bonchev–Trinajstić information content (AvgIpc) is 2.56. The predicted molar refractivity (Wildman–Crippen MR) is 99.4 cm³/mol. The SMILES string of the molecule is CCOC(=O)Cc1cccc(C)c1O/C(=C/C(Br)=C(/O)CC)CC. The van der Waals surface area contributed by atoms with Gasteiger partial charge in [-0.3, -0.25) is 4.79 Å². The highest BCUT2D eigenvalue weighted by atomic mass is 79.9. The molecular weight excluding hydrogens is 372 g/mol. The lowest BCUT2D eigenvalue weighted by Gasteiger charge is -2.15. The summed E-state index contributed by atoms with van der Waals surface area (Å²) in [6.07, 6.45) is 3.12. The Morgan fingerprint density at radius 2 is 1.96 bits per heavy atom. The van der Waals surface area contributed by atoms with Gasteiger partial charge in [-0.2, -0.15) is 0 Å². The Bertz CT molecular complexity index is 632. The van der Waals surface area contributed by atoms with Crippen molar-refractivity contribution < 1.29 is 19.4 Å². The standard InChI is InChI=1S/C19H25BrO4/c1-5-15(12-16(20)17(21)6-2)24-19-13(4)9-8-10-14(19)11-18(22)23-7-3/h8-10,12,21H,5-7,11H2,1-4H3/b15-12+,17-16-. The molecule has 0 radical (unpaired) electrons. The first-order chi connectivity index (χ1) is 11.4. The number of aliphatic hydroxyl groups excluding tert-OH is 1. The van der Waals surface area contributed by atoms with E-state index in [2.05, 4.69) is 15.9 Å². The Morgan fingerprint density at radius 3 is 2.54 bits per heavy atom. The third-order valence-corrected chi connectivity index (χ3v) is 4.10. The second-order valence-electron chi connectivity index (χ2n) is 5.26. The maximum atomic E-state index is 11.8. The first kappa shape index (κ1) is 20.3. The number of carbonyl (C=O) groups excluding carboxylic acids is 1. The summed E-state index contributed by atoms with van der Waals surface area (Å²) in [5, 5.41) is 9.80. The number of allylic oxidation sites excluding steroid dienone is 4. The minimum absolute atomic E-state index is 0.166. The van der Waals surface area contributed by atoms with Crippen LogP contribution in [0.25, 0.3) is 0 Å². The van der Waals surface area contributed by atoms with Crippen LogP contribution in [-0.4, -0.2) is 17.7 Å². The second-order valence-corrected chi connectivity index (χ2v) is 6.11. The largest absolute Gasteiger partial charge is 0.511 e. The molecule has 1 N–H and O–H groups in total. The van der Waals surface area contributed by atoms with Crippen molar-refractivity contribution in [1.29, 1.82) is 0 Å². The zero-order valence-electron chi connectivity index (χ0n) is 14.7. The van der Waals surface area contributed by atoms with Gasteiger partial charge in [0, 0.05) is 18.4 Å². The maximum absolute atomic E-state index is 11.8. The number of aliphatic hydroxyl groups is 1. The van der Waals surface area contributed by atoms with Crippen molar-refractivity contribution in [3.63, 3.8) is 0 Å². The molecule has 0 heterocycles. The number of rotatable bonds is 8. The fourth-order valence-electron chi connectivity index (χ4n) is 2.09. The van der Waals surface area contributed by atoms with E-state index in [9.17, 15) is 9.90 Å². The first-order valence-corrected chi connectivity index (χ1v) is 8.92. The molecule has 5 heteroatoms. The van der Waals surface area contributed by atoms with E-state index in [0.717, 1.165) is 11.1 Å². The molecule has 1 aromatic rings. The molecule has 1 rings (SSSR count). The number of hydrogen-bond acceptors (Lipinski definition) is 4. The van der Waals surface area contributed by atoms with Gasteiger partial charge in [-0.15, -0.1) is 0 Å². The Morgan fingerprint density at radius 1 is 1.25 bits per heavy atom. The monoisotopic (exact) mass is 396 g/mol. The van der Waals surface area contributed by atoms with Gasteiger partial charge in [-0.25, -0.2) is 0 Å². The van der Waals surface area contributed by atoms with Gasteiger partial charge in [0.15, 0.2) is 0 Å². The van der Waals surface area contributed by atoms with Crippen molar-refractivity contribution in [1.82, 2.24) is 0 Å². The van der Waals surface area contributed by atoms with Gasteiger partial charge in [0.25, 0.3) is 0 Å². The molecule has 0 atom stereocenters. The predicted octanol–water partition coefficient (Wildman–Crippen LogP) is 5.35. The van der Waals surface area contributed by atoms with Crippen LogP contribution >= 0.6 is 15.9 Å². The molecule has 0 aliphatic heterocycles. The lowest BCUT2D eigenvalue weighted by atomic mass is 10.1. The van der Waals surface area contributed by atoms with Gasteiger partial charge < -0.3 is 14.6 Å². The van der Waals surface area contributed by atoms with Crippen LogP contribution in [0.5, 0.6) is 5.75 Å². The van der Waals surface area contributed by atoms with Crippen molar-refractivity contribution in [3.8, 4) is 5.75 Å². The van der Waals surface area contributed by atoms with Gasteiger partial charge in [0.05, 0.1) is 17.5 Å². The van der Waals surface area contributed by atoms with E-state index in [0.29, 0.717) is 35.4 Å². The third-order valence-electron chi connectivity index (χ3n) is 3.41. The maximum Gasteiger partial charge on any atom is 0.310 e. The molecule has 0 saturated heterocycles. The van der Waals surface area contributed by atoms with Crippen LogP contribution in [0.1, 0.15) is 44.7 Å². The number of aryl methyl sites for hydroxylation is 1. The highest BCUT2D eigenvalue weighted by Crippen LogP contribution is 2.28. The van der Waals surface area contributed by atoms with Crippen LogP contribution < -0.4 is 4.74 Å². The lowest BCUT2D eigenvalue weighted by molar-refractivity contribution is -0.142. The number of hydrogen-bond donors (Lipinski definition) is 1. The summed E-state index contributed by atoms with van der Waals surface area (Å²) in [6, 6.07) is 5.69. The Balaban J connectivity index is 3.12. The summed E-state index contributed by atoms with van der Waals surface area (Å²) in [5.74, 6) is 1.34. The summed E-state index contributed by atoms with van der Waals surface area (Å²) in [4.78, 5) is 11.8. The van der Waals surface area contributed by atoms with E-state index in [4.69, 9.17) is 9.47 Å². The summed E-state index contributed by atoms with van der Waals surface area (Å²) >= 11 is 3.36. The number of halogens is 1. The molecule has 24 heavy (non-hydrogen) atoms. The summed E-state index contributed by atoms with van der Waals surface area (Å²) in [6.45, 7) is 7.92. The number of esters is 1. The van der Waals surface area contributed by atoms with E-state index >= 15 is 0 Å². The summed E-state index contributed by atoms with van der Waals surface area (Å²) < 4.78 is 11.7. The zero-order valence-corrected chi connectivity index (χ0v) is 16.3. The molecule has 0 aliphatic carbocycles. The first-order valence-electron chi connectivity index (χ1n) is 8.12. The second kappa shape index (κ2) is 10.2. The highest BCUT2D eigenvalue weighted by molar-refractivity contribution is 9.11. The topological polar surface area (TPSA) is 55.8 Å². The van der Waals surface area contributed by atoms with Gasteiger partial charge in [-0.1, -0.05) is 32.0 Å². The Hall–Kier alpha value is -1.75. The van der Waals surface area contributed by atoms with Crippen LogP contribution in [0.2, 0.25) is 0 Å². The van der Waals surface area contributed by atoms with Crippen molar-refractivity contribution in [3.05, 3.63) is 51.4 Å². The Kier molecular flexibility index (Phi) is 8.61. The molecule has 0 spiro atoms. The van der Waals surface area contributed by atoms with E-state index in [1.807, 2.05) is 39.0 Å². The molecule has 0 aliphatic rings. The molecule has 0 aromatic heterocycles. The molecule has 1 aromatic carbocycles. The fraction of sp³-hybridized carbons (Fsp3) is 0.421. The molecule has 0 unspecified atom stereocenters. The number of ether oxygens (including phenoxy) is 2. The van der Waals surface area contributed by atoms with Crippen LogP contribution in [0.4, 0.5) is 0 Å². The van der Waals surface area contributed by atoms with E-state index in [1.165, 1.54) is 0 Å². The number of para-hydroxylation sites is 1. The lowest BCUT2D eigenvalue weighted by Crippen LogP contribution is -2.09. The molecule has 0 amide bonds. The average molecular weight is 397 g/mol. The smallest absolute Gasteiger partial charge is 0.310 e. The van der Waals surface area contributed by atoms with Gasteiger partial charge >= 0.3 is 5.97 Å². The highest BCUT2D eigenvalue weighted by Gasteiger charge is 2.14. The Labute approximate surface area is 152 Å². The van der Waals surface area contributed by atoms with E-state index < -0.39 is 0 Å². The van der Waals surface area contributed by atoms with Crippen molar-refractivity contribution >= 4 is 21.9 Å². The molecule has 4 nitrogen and oxygen atoms in total. The van der Waals surface area contributed by atoms with Crippen molar-refractivity contribution in [2.75, 3.05) is 6.61 Å². The molecule has 0 saturated carbocycles. The van der Waals surface area contributed by atoms with Crippen molar-refractivity contribution in [2.24, 2.45) is 0 Å².